The molecule has 2 aromatic heterocycles. The fraction of sp³-hybridized carbons (Fsp3) is 0.125. The number of H-pyrrole nitrogens is 1. The minimum absolute atomic E-state index is 0.155. The maximum absolute atomic E-state index is 13.6. The summed E-state index contributed by atoms with van der Waals surface area (Å²) in [6.07, 6.45) is 3.32. The first-order chi connectivity index (χ1) is 11.6. The molecule has 0 bridgehead atoms. The van der Waals surface area contributed by atoms with Crippen LogP contribution >= 0.6 is 11.8 Å². The molecule has 0 unspecified atom stereocenters. The molecule has 1 amide bonds. The molecule has 0 spiro atoms. The van der Waals surface area contributed by atoms with E-state index in [1.807, 2.05) is 12.1 Å². The number of nitrogens with one attached hydrogen (secondary N) is 2. The number of thioether (sulfide) groups is 1. The first kappa shape index (κ1) is 16.1. The molecule has 0 saturated carbocycles. The molecular weight excluding hydrogens is 329 g/mol. The Hall–Kier alpha value is -2.74. The van der Waals surface area contributed by atoms with Crippen molar-refractivity contribution >= 4 is 23.4 Å². The standard InChI is InChI=1S/C16H14FN5OS/c1-10(15(23)19-13-5-3-2-4-12(13)17)24-16-20-14(21-22-16)11-6-8-18-9-7-11/h2-10H,1H3,(H,19,23)(H,20,21,22)/t10-/m0/s1. The molecule has 1 atom stereocenters. The number of para-hydroxylation sites is 1. The third-order valence-electron chi connectivity index (χ3n) is 3.20. The molecule has 2 N–H and O–H groups in total. The summed E-state index contributed by atoms with van der Waals surface area (Å²) in [6, 6.07) is 9.65. The molecular formula is C16H14FN5OS. The van der Waals surface area contributed by atoms with Crippen molar-refractivity contribution in [2.45, 2.75) is 17.3 Å². The molecule has 6 nitrogen and oxygen atoms in total. The highest BCUT2D eigenvalue weighted by atomic mass is 32.2. The zero-order valence-electron chi connectivity index (χ0n) is 12.7. The van der Waals surface area contributed by atoms with Crippen molar-refractivity contribution < 1.29 is 9.18 Å². The highest BCUT2D eigenvalue weighted by Crippen LogP contribution is 2.23. The number of carbonyl (C=O) groups excluding carboxylic acids is 1. The summed E-state index contributed by atoms with van der Waals surface area (Å²) in [7, 11) is 0. The van der Waals surface area contributed by atoms with Crippen LogP contribution in [-0.2, 0) is 4.79 Å². The first-order valence-corrected chi connectivity index (χ1v) is 8.06. The van der Waals surface area contributed by atoms with Gasteiger partial charge in [-0.15, -0.1) is 5.10 Å². The molecule has 0 aliphatic rings. The van der Waals surface area contributed by atoms with Gasteiger partial charge in [0.05, 0.1) is 10.9 Å². The number of aromatic amines is 1. The van der Waals surface area contributed by atoms with E-state index >= 15 is 0 Å². The van der Waals surface area contributed by atoms with Gasteiger partial charge in [0, 0.05) is 18.0 Å². The predicted octanol–water partition coefficient (Wildman–Crippen LogP) is 3.13. The summed E-state index contributed by atoms with van der Waals surface area (Å²) >= 11 is 1.19. The van der Waals surface area contributed by atoms with Crippen molar-refractivity contribution in [1.29, 1.82) is 0 Å². The lowest BCUT2D eigenvalue weighted by atomic mass is 10.3. The molecule has 0 radical (unpaired) electrons. The quantitative estimate of drug-likeness (QED) is 0.696. The van der Waals surface area contributed by atoms with E-state index in [-0.39, 0.29) is 11.6 Å². The summed E-state index contributed by atoms with van der Waals surface area (Å²) < 4.78 is 13.6. The molecule has 24 heavy (non-hydrogen) atoms. The second-order valence-corrected chi connectivity index (χ2v) is 6.24. The van der Waals surface area contributed by atoms with Gasteiger partial charge in [-0.05, 0) is 31.2 Å². The number of benzene rings is 1. The van der Waals surface area contributed by atoms with E-state index in [9.17, 15) is 9.18 Å². The maximum Gasteiger partial charge on any atom is 0.237 e. The fourth-order valence-electron chi connectivity index (χ4n) is 1.95. The lowest BCUT2D eigenvalue weighted by molar-refractivity contribution is -0.115. The number of halogens is 1. The van der Waals surface area contributed by atoms with Crippen LogP contribution in [0.2, 0.25) is 0 Å². The summed E-state index contributed by atoms with van der Waals surface area (Å²) in [5.74, 6) is -0.192. The SMILES string of the molecule is C[C@H](Sc1n[nH]c(-c2ccncc2)n1)C(=O)Nc1ccccc1F. The van der Waals surface area contributed by atoms with E-state index in [1.165, 1.54) is 23.9 Å². The Bertz CT molecular complexity index is 839. The summed E-state index contributed by atoms with van der Waals surface area (Å²) in [5.41, 5.74) is 1.01. The molecule has 2 heterocycles. The lowest BCUT2D eigenvalue weighted by Gasteiger charge is -2.10. The predicted molar refractivity (Wildman–Crippen MR) is 90.0 cm³/mol. The van der Waals surface area contributed by atoms with Gasteiger partial charge < -0.3 is 5.32 Å². The second kappa shape index (κ2) is 7.22. The summed E-state index contributed by atoms with van der Waals surface area (Å²) in [4.78, 5) is 20.5. The lowest BCUT2D eigenvalue weighted by Crippen LogP contribution is -2.23. The Morgan fingerprint density at radius 2 is 2.00 bits per heavy atom. The number of aromatic nitrogens is 4. The first-order valence-electron chi connectivity index (χ1n) is 7.18. The number of carbonyl (C=O) groups is 1. The van der Waals surface area contributed by atoms with Crippen LogP contribution in [0.1, 0.15) is 6.92 Å². The third kappa shape index (κ3) is 3.77. The molecule has 3 aromatic rings. The van der Waals surface area contributed by atoms with Gasteiger partial charge in [0.25, 0.3) is 0 Å². The van der Waals surface area contributed by atoms with E-state index in [0.717, 1.165) is 5.56 Å². The Balaban J connectivity index is 1.65. The van der Waals surface area contributed by atoms with Crippen molar-refractivity contribution in [2.24, 2.45) is 0 Å². The maximum atomic E-state index is 13.6. The van der Waals surface area contributed by atoms with Crippen molar-refractivity contribution in [3.05, 3.63) is 54.6 Å². The average Bonchev–Trinajstić information content (AvgIpc) is 3.06. The van der Waals surface area contributed by atoms with Crippen LogP contribution in [0.5, 0.6) is 0 Å². The molecule has 0 aliphatic heterocycles. The van der Waals surface area contributed by atoms with Crippen LogP contribution in [0.4, 0.5) is 10.1 Å². The summed E-state index contributed by atoms with van der Waals surface area (Å²) in [6.45, 7) is 1.71. The third-order valence-corrected chi connectivity index (χ3v) is 4.16. The Kier molecular flexibility index (Phi) is 4.85. The van der Waals surface area contributed by atoms with Crippen molar-refractivity contribution in [2.75, 3.05) is 5.32 Å². The van der Waals surface area contributed by atoms with Crippen LogP contribution in [-0.4, -0.2) is 31.3 Å². The number of pyridine rings is 1. The van der Waals surface area contributed by atoms with Crippen LogP contribution in [0.3, 0.4) is 0 Å². The van der Waals surface area contributed by atoms with Crippen LogP contribution in [0.15, 0.2) is 53.9 Å². The number of amides is 1. The normalized spacial score (nSPS) is 11.9. The Morgan fingerprint density at radius 1 is 1.25 bits per heavy atom. The van der Waals surface area contributed by atoms with E-state index in [4.69, 9.17) is 0 Å². The van der Waals surface area contributed by atoms with Crippen LogP contribution in [0.25, 0.3) is 11.4 Å². The van der Waals surface area contributed by atoms with Gasteiger partial charge in [0.15, 0.2) is 5.82 Å². The van der Waals surface area contributed by atoms with Crippen molar-refractivity contribution in [1.82, 2.24) is 20.2 Å². The Morgan fingerprint density at radius 3 is 2.75 bits per heavy atom. The minimum Gasteiger partial charge on any atom is -0.323 e. The number of hydrogen-bond donors (Lipinski definition) is 2. The zero-order valence-corrected chi connectivity index (χ0v) is 13.5. The van der Waals surface area contributed by atoms with Crippen molar-refractivity contribution in [3.63, 3.8) is 0 Å². The van der Waals surface area contributed by atoms with E-state index < -0.39 is 11.1 Å². The van der Waals surface area contributed by atoms with Gasteiger partial charge in [-0.1, -0.05) is 23.9 Å². The van der Waals surface area contributed by atoms with Gasteiger partial charge in [0.2, 0.25) is 11.1 Å². The van der Waals surface area contributed by atoms with Gasteiger partial charge in [0.1, 0.15) is 5.82 Å². The van der Waals surface area contributed by atoms with E-state index in [1.54, 1.807) is 31.5 Å². The van der Waals surface area contributed by atoms with Gasteiger partial charge in [-0.25, -0.2) is 9.37 Å². The molecule has 0 saturated heterocycles. The number of hydrogen-bond acceptors (Lipinski definition) is 5. The number of rotatable bonds is 5. The Labute approximate surface area is 141 Å². The zero-order chi connectivity index (χ0) is 16.9. The molecule has 8 heteroatoms. The van der Waals surface area contributed by atoms with E-state index in [2.05, 4.69) is 25.5 Å². The van der Waals surface area contributed by atoms with E-state index in [0.29, 0.717) is 11.0 Å². The molecule has 3 rings (SSSR count). The average molecular weight is 343 g/mol. The largest absolute Gasteiger partial charge is 0.323 e. The molecule has 1 aromatic carbocycles. The highest BCUT2D eigenvalue weighted by Gasteiger charge is 2.18. The number of nitrogens with zero attached hydrogens (tertiary/aromatic N) is 3. The minimum atomic E-state index is -0.481. The molecule has 122 valence electrons. The fourth-order valence-corrected chi connectivity index (χ4v) is 2.67. The van der Waals surface area contributed by atoms with Gasteiger partial charge in [-0.2, -0.15) is 0 Å². The number of anilines is 1. The smallest absolute Gasteiger partial charge is 0.237 e. The molecule has 0 aliphatic carbocycles. The second-order valence-electron chi connectivity index (χ2n) is 4.93. The monoisotopic (exact) mass is 343 g/mol. The van der Waals surface area contributed by atoms with Crippen LogP contribution in [0, 0.1) is 5.82 Å². The van der Waals surface area contributed by atoms with Crippen molar-refractivity contribution in [3.8, 4) is 11.4 Å². The highest BCUT2D eigenvalue weighted by molar-refractivity contribution is 8.00. The van der Waals surface area contributed by atoms with Gasteiger partial charge >= 0.3 is 0 Å². The topological polar surface area (TPSA) is 83.6 Å². The molecule has 0 fully saturated rings. The summed E-state index contributed by atoms with van der Waals surface area (Å²) in [5, 5.41) is 9.44. The van der Waals surface area contributed by atoms with Gasteiger partial charge in [-0.3, -0.25) is 14.9 Å². The van der Waals surface area contributed by atoms with Crippen LogP contribution < -0.4 is 5.32 Å².